The zero-order valence-electron chi connectivity index (χ0n) is 18.4. The molecule has 0 amide bonds. The van der Waals surface area contributed by atoms with Crippen molar-refractivity contribution in [1.29, 1.82) is 0 Å². The van der Waals surface area contributed by atoms with Crippen molar-refractivity contribution in [3.8, 4) is 5.75 Å². The van der Waals surface area contributed by atoms with Gasteiger partial charge in [-0.15, -0.1) is 0 Å². The number of rotatable bonds is 9. The van der Waals surface area contributed by atoms with Crippen molar-refractivity contribution in [3.05, 3.63) is 63.7 Å². The van der Waals surface area contributed by atoms with Crippen LogP contribution in [0.1, 0.15) is 60.1 Å². The molecule has 0 radical (unpaired) electrons. The van der Waals surface area contributed by atoms with E-state index in [9.17, 15) is 9.90 Å². The molecule has 0 aliphatic carbocycles. The van der Waals surface area contributed by atoms with Crippen molar-refractivity contribution in [2.24, 2.45) is 0 Å². The predicted molar refractivity (Wildman–Crippen MR) is 127 cm³/mol. The molecular weight excluding hydrogens is 399 g/mol. The molecule has 2 aromatic rings. The Labute approximate surface area is 181 Å². The Balaban J connectivity index is 2.04. The molecule has 5 heteroatoms. The number of aryl methyl sites for hydroxylation is 2. The topological polar surface area (TPSA) is 46.5 Å². The predicted octanol–water partition coefficient (Wildman–Crippen LogP) is 6.55. The van der Waals surface area contributed by atoms with E-state index in [0.29, 0.717) is 18.3 Å². The third kappa shape index (κ3) is 7.44. The van der Waals surface area contributed by atoms with E-state index in [-0.39, 0.29) is 5.12 Å². The zero-order chi connectivity index (χ0) is 21.6. The number of benzene rings is 2. The van der Waals surface area contributed by atoms with E-state index in [1.54, 1.807) is 6.92 Å². The molecule has 0 spiro atoms. The minimum absolute atomic E-state index is 0.171. The van der Waals surface area contributed by atoms with Gasteiger partial charge in [0, 0.05) is 27.0 Å². The van der Waals surface area contributed by atoms with Gasteiger partial charge in [-0.1, -0.05) is 49.9 Å². The zero-order valence-corrected chi connectivity index (χ0v) is 20.1. The minimum atomic E-state index is -0.511. The van der Waals surface area contributed by atoms with E-state index in [1.165, 1.54) is 39.6 Å². The van der Waals surface area contributed by atoms with Crippen molar-refractivity contribution >= 4 is 25.0 Å². The molecule has 0 aliphatic heterocycles. The maximum Gasteiger partial charge on any atom is 0.185 e. The second kappa shape index (κ2) is 11.2. The van der Waals surface area contributed by atoms with E-state index in [1.807, 2.05) is 12.1 Å². The quantitative estimate of drug-likeness (QED) is 0.457. The number of phenols is 1. The van der Waals surface area contributed by atoms with Crippen molar-refractivity contribution in [2.45, 2.75) is 53.6 Å². The van der Waals surface area contributed by atoms with E-state index in [2.05, 4.69) is 52.6 Å². The van der Waals surface area contributed by atoms with Crippen molar-refractivity contribution in [1.82, 2.24) is 0 Å². The van der Waals surface area contributed by atoms with Gasteiger partial charge in [-0.25, -0.2) is 0 Å². The Hall–Kier alpha value is -1.35. The second-order valence-electron chi connectivity index (χ2n) is 7.90. The van der Waals surface area contributed by atoms with Crippen LogP contribution in [0.5, 0.6) is 5.75 Å². The van der Waals surface area contributed by atoms with Crippen LogP contribution in [0.15, 0.2) is 30.3 Å². The molecule has 1 unspecified atom stereocenters. The molecule has 29 heavy (non-hydrogen) atoms. The minimum Gasteiger partial charge on any atom is -0.508 e. The molecule has 2 rings (SSSR count). The first-order valence-electron chi connectivity index (χ1n) is 10.1. The van der Waals surface area contributed by atoms with Gasteiger partial charge in [-0.2, -0.15) is 0 Å². The molecule has 1 N–H and O–H groups in total. The van der Waals surface area contributed by atoms with Gasteiger partial charge in [0.15, 0.2) is 5.12 Å². The van der Waals surface area contributed by atoms with Crippen LogP contribution in [0.4, 0.5) is 0 Å². The third-order valence-electron chi connectivity index (χ3n) is 5.01. The summed E-state index contributed by atoms with van der Waals surface area (Å²) in [7, 11) is -0.511. The van der Waals surface area contributed by atoms with E-state index < -0.39 is 8.15 Å². The van der Waals surface area contributed by atoms with Crippen LogP contribution in [0.2, 0.25) is 0 Å². The van der Waals surface area contributed by atoms with E-state index >= 15 is 0 Å². The summed E-state index contributed by atoms with van der Waals surface area (Å²) in [5, 5.41) is 10.2. The van der Waals surface area contributed by atoms with Crippen LogP contribution in [0, 0.1) is 13.8 Å². The summed E-state index contributed by atoms with van der Waals surface area (Å²) in [4.78, 5) is 11.0. The molecule has 0 heterocycles. The van der Waals surface area contributed by atoms with Gasteiger partial charge in [-0.05, 0) is 72.3 Å². The first kappa shape index (κ1) is 23.9. The molecule has 2 aromatic carbocycles. The van der Waals surface area contributed by atoms with Crippen molar-refractivity contribution in [3.63, 3.8) is 0 Å². The molecule has 0 aromatic heterocycles. The highest BCUT2D eigenvalue weighted by Crippen LogP contribution is 2.35. The number of hydrogen-bond donors (Lipinski definition) is 1. The average molecular weight is 433 g/mol. The summed E-state index contributed by atoms with van der Waals surface area (Å²) in [6, 6.07) is 10.4. The summed E-state index contributed by atoms with van der Waals surface area (Å²) in [5.41, 5.74) is 7.31. The van der Waals surface area contributed by atoms with Crippen molar-refractivity contribution in [2.75, 3.05) is 18.6 Å². The van der Waals surface area contributed by atoms with Gasteiger partial charge in [0.05, 0.1) is 6.61 Å². The Morgan fingerprint density at radius 3 is 2.38 bits per heavy atom. The molecule has 0 saturated carbocycles. The first-order valence-corrected chi connectivity index (χ1v) is 12.9. The molecule has 1 atom stereocenters. The summed E-state index contributed by atoms with van der Waals surface area (Å²) in [6.07, 6.45) is 1.80. The number of thioether (sulfide) groups is 1. The largest absolute Gasteiger partial charge is 0.508 e. The fourth-order valence-corrected chi connectivity index (χ4v) is 5.57. The molecule has 3 nitrogen and oxygen atoms in total. The molecule has 158 valence electrons. The van der Waals surface area contributed by atoms with Gasteiger partial charge in [-0.3, -0.25) is 4.79 Å². The van der Waals surface area contributed by atoms with Crippen LogP contribution in [0.3, 0.4) is 0 Å². The summed E-state index contributed by atoms with van der Waals surface area (Å²) in [5.74, 6) is 1.51. The lowest BCUT2D eigenvalue weighted by atomic mass is 9.92. The van der Waals surface area contributed by atoms with Crippen molar-refractivity contribution < 1.29 is 14.4 Å². The monoisotopic (exact) mass is 432 g/mol. The number of carbonyl (C=O) groups is 1. The lowest BCUT2D eigenvalue weighted by molar-refractivity contribution is -0.109. The standard InChI is InChI=1S/C24H33O3PS/c1-16(2)22-13-20(7-8-24(22)26)14-23-17(3)11-21(12-18(23)4)15-27-28(6)9-10-29-19(5)25/h7-8,11-13,16,26H,9-10,14-15H2,1-6H3. The number of aromatic hydroxyl groups is 1. The van der Waals surface area contributed by atoms with Crippen LogP contribution in [-0.4, -0.2) is 28.8 Å². The normalized spacial score (nSPS) is 12.4. The fraction of sp³-hybridized carbons (Fsp3) is 0.458. The van der Waals surface area contributed by atoms with Gasteiger partial charge in [0.2, 0.25) is 0 Å². The highest BCUT2D eigenvalue weighted by atomic mass is 32.2. The van der Waals surface area contributed by atoms with Gasteiger partial charge >= 0.3 is 0 Å². The smallest absolute Gasteiger partial charge is 0.185 e. The number of hydrogen-bond acceptors (Lipinski definition) is 4. The first-order chi connectivity index (χ1) is 13.7. The highest BCUT2D eigenvalue weighted by molar-refractivity contribution is 8.13. The summed E-state index contributed by atoms with van der Waals surface area (Å²) >= 11 is 1.37. The average Bonchev–Trinajstić information content (AvgIpc) is 2.63. The Morgan fingerprint density at radius 1 is 1.14 bits per heavy atom. The van der Waals surface area contributed by atoms with Crippen LogP contribution in [0.25, 0.3) is 0 Å². The molecule has 0 saturated heterocycles. The summed E-state index contributed by atoms with van der Waals surface area (Å²) < 4.78 is 6.05. The number of phenolic OH excluding ortho intramolecular Hbond substituents is 1. The molecule has 0 aliphatic rings. The van der Waals surface area contributed by atoms with Crippen LogP contribution >= 0.6 is 19.9 Å². The Kier molecular flexibility index (Phi) is 9.20. The second-order valence-corrected chi connectivity index (χ2v) is 11.1. The molecular formula is C24H33O3PS. The Morgan fingerprint density at radius 2 is 1.79 bits per heavy atom. The number of carbonyl (C=O) groups excluding carboxylic acids is 1. The van der Waals surface area contributed by atoms with Crippen LogP contribution in [-0.2, 0) is 22.3 Å². The molecule has 0 bridgehead atoms. The van der Waals surface area contributed by atoms with Crippen LogP contribution < -0.4 is 0 Å². The lowest BCUT2D eigenvalue weighted by Crippen LogP contribution is -2.01. The molecule has 0 fully saturated rings. The summed E-state index contributed by atoms with van der Waals surface area (Å²) in [6.45, 7) is 12.9. The maximum absolute atomic E-state index is 11.0. The SMILES string of the molecule is CC(=O)SCCP(C)OCc1cc(C)c(Cc2ccc(O)c(C(C)C)c2)c(C)c1. The highest BCUT2D eigenvalue weighted by Gasteiger charge is 2.11. The fourth-order valence-electron chi connectivity index (χ4n) is 3.39. The van der Waals surface area contributed by atoms with E-state index in [4.69, 9.17) is 4.52 Å². The maximum atomic E-state index is 11.0. The van der Waals surface area contributed by atoms with E-state index in [0.717, 1.165) is 23.9 Å². The van der Waals surface area contributed by atoms with Gasteiger partial charge in [0.25, 0.3) is 0 Å². The Bertz CT molecular complexity index is 825. The van der Waals surface area contributed by atoms with Gasteiger partial charge < -0.3 is 9.63 Å². The third-order valence-corrected chi connectivity index (χ3v) is 7.55. The van der Waals surface area contributed by atoms with Gasteiger partial charge in [0.1, 0.15) is 5.75 Å². The lowest BCUT2D eigenvalue weighted by Gasteiger charge is -2.17.